The van der Waals surface area contributed by atoms with Gasteiger partial charge in [0.25, 0.3) is 0 Å². The number of nitrogens with one attached hydrogen (secondary N) is 2. The highest BCUT2D eigenvalue weighted by molar-refractivity contribution is 6.11. The number of nitrogens with zero attached hydrogens (tertiary/aromatic N) is 4. The number of H-pyrrole nitrogens is 1. The van der Waals surface area contributed by atoms with Crippen LogP contribution in [0.3, 0.4) is 0 Å². The molecule has 37 heavy (non-hydrogen) atoms. The van der Waals surface area contributed by atoms with E-state index in [9.17, 15) is 9.50 Å². The molecule has 1 unspecified atom stereocenters. The Kier molecular flexibility index (Phi) is 5.19. The van der Waals surface area contributed by atoms with Crippen LogP contribution in [-0.2, 0) is 0 Å². The second-order valence-electron chi connectivity index (χ2n) is 10.5. The first-order valence-corrected chi connectivity index (χ1v) is 12.8. The molecule has 3 aliphatic carbocycles. The topological polar surface area (TPSA) is 144 Å². The van der Waals surface area contributed by atoms with Gasteiger partial charge < -0.3 is 30.6 Å². The number of hydrogen-bond acceptors (Lipinski definition) is 9. The number of benzene rings is 1. The molecule has 0 aliphatic heterocycles. The van der Waals surface area contributed by atoms with Crippen molar-refractivity contribution in [1.29, 1.82) is 0 Å². The monoisotopic (exact) mass is 505 g/mol. The van der Waals surface area contributed by atoms with E-state index in [0.29, 0.717) is 41.8 Å². The summed E-state index contributed by atoms with van der Waals surface area (Å²) >= 11 is 0. The molecule has 192 valence electrons. The molecule has 3 aliphatic rings. The summed E-state index contributed by atoms with van der Waals surface area (Å²) in [6.45, 7) is 0. The van der Waals surface area contributed by atoms with Crippen molar-refractivity contribution in [2.24, 2.45) is 17.6 Å². The van der Waals surface area contributed by atoms with Gasteiger partial charge in [-0.15, -0.1) is 0 Å². The minimum Gasteiger partial charge on any atom is -0.460 e. The van der Waals surface area contributed by atoms with Crippen LogP contribution in [0.2, 0.25) is 0 Å². The van der Waals surface area contributed by atoms with Crippen molar-refractivity contribution in [2.75, 3.05) is 12.4 Å². The summed E-state index contributed by atoms with van der Waals surface area (Å²) in [7, 11) is 1.76. The smallest absolute Gasteiger partial charge is 0.324 e. The van der Waals surface area contributed by atoms with Gasteiger partial charge in [-0.3, -0.25) is 0 Å². The van der Waals surface area contributed by atoms with Crippen LogP contribution in [0.15, 0.2) is 24.5 Å². The maximum absolute atomic E-state index is 14.6. The highest BCUT2D eigenvalue weighted by Gasteiger charge is 2.46. The van der Waals surface area contributed by atoms with Crippen LogP contribution in [0.5, 0.6) is 17.8 Å². The van der Waals surface area contributed by atoms with Crippen LogP contribution >= 0.6 is 0 Å². The first-order valence-electron chi connectivity index (χ1n) is 12.8. The van der Waals surface area contributed by atoms with Gasteiger partial charge in [0, 0.05) is 42.6 Å². The number of aromatic nitrogens is 5. The van der Waals surface area contributed by atoms with E-state index in [2.05, 4.69) is 25.3 Å². The molecule has 2 bridgehead atoms. The number of fused-ring (bicyclic) bond motifs is 5. The Labute approximate surface area is 211 Å². The first-order chi connectivity index (χ1) is 17.9. The van der Waals surface area contributed by atoms with E-state index in [0.717, 1.165) is 41.2 Å². The molecule has 0 amide bonds. The SMILES string of the molecule is CNc1cc(F)cc2c1[nH]c1nc(Oc3cnc(OC4CC(O)C4)nc3)nc(C3C[C@@H]4C[C@H]3C[C@@H]4N)c12. The molecule has 4 aromatic rings. The summed E-state index contributed by atoms with van der Waals surface area (Å²) < 4.78 is 26.2. The fourth-order valence-corrected chi connectivity index (χ4v) is 6.34. The molecule has 1 aromatic carbocycles. The van der Waals surface area contributed by atoms with Gasteiger partial charge in [-0.25, -0.2) is 4.39 Å². The van der Waals surface area contributed by atoms with E-state index in [1.807, 2.05) is 0 Å². The van der Waals surface area contributed by atoms with Gasteiger partial charge in [0.15, 0.2) is 5.75 Å². The lowest BCUT2D eigenvalue weighted by atomic mass is 9.83. The predicted molar refractivity (Wildman–Crippen MR) is 134 cm³/mol. The van der Waals surface area contributed by atoms with E-state index in [-0.39, 0.29) is 42.0 Å². The average Bonchev–Trinajstić information content (AvgIpc) is 3.55. The molecular formula is C26H28FN7O3. The maximum atomic E-state index is 14.6. The fraction of sp³-hybridized carbons (Fsp3) is 0.462. The molecular weight excluding hydrogens is 477 g/mol. The van der Waals surface area contributed by atoms with Gasteiger partial charge in [0.05, 0.1) is 35.4 Å². The van der Waals surface area contributed by atoms with Gasteiger partial charge in [-0.1, -0.05) is 0 Å². The van der Waals surface area contributed by atoms with Crippen LogP contribution in [0.1, 0.15) is 43.7 Å². The Hall–Kier alpha value is -3.57. The summed E-state index contributed by atoms with van der Waals surface area (Å²) in [6, 6.07) is 3.63. The highest BCUT2D eigenvalue weighted by Crippen LogP contribution is 2.53. The lowest BCUT2D eigenvalue weighted by Crippen LogP contribution is -2.37. The zero-order valence-corrected chi connectivity index (χ0v) is 20.3. The third-order valence-corrected chi connectivity index (χ3v) is 8.22. The van der Waals surface area contributed by atoms with Crippen molar-refractivity contribution in [3.63, 3.8) is 0 Å². The Balaban J connectivity index is 1.27. The number of halogens is 1. The van der Waals surface area contributed by atoms with Crippen LogP contribution in [0.25, 0.3) is 21.9 Å². The molecule has 3 aromatic heterocycles. The van der Waals surface area contributed by atoms with Gasteiger partial charge in [0.1, 0.15) is 17.6 Å². The lowest BCUT2D eigenvalue weighted by molar-refractivity contribution is -0.0151. The molecule has 7 rings (SSSR count). The minimum atomic E-state index is -0.324. The van der Waals surface area contributed by atoms with Crippen LogP contribution < -0.4 is 20.5 Å². The molecule has 3 saturated carbocycles. The van der Waals surface area contributed by atoms with Crippen molar-refractivity contribution < 1.29 is 19.0 Å². The van der Waals surface area contributed by atoms with E-state index < -0.39 is 0 Å². The Bertz CT molecular complexity index is 1490. The van der Waals surface area contributed by atoms with E-state index in [4.69, 9.17) is 20.2 Å². The molecule has 0 spiro atoms. The molecule has 3 fully saturated rings. The number of aliphatic hydroxyl groups excluding tert-OH is 1. The van der Waals surface area contributed by atoms with Crippen molar-refractivity contribution in [2.45, 2.75) is 56.3 Å². The highest BCUT2D eigenvalue weighted by atomic mass is 19.1. The van der Waals surface area contributed by atoms with Crippen LogP contribution in [-0.4, -0.2) is 55.3 Å². The molecule has 4 atom stereocenters. The Morgan fingerprint density at radius 2 is 1.86 bits per heavy atom. The van der Waals surface area contributed by atoms with E-state index in [1.165, 1.54) is 24.5 Å². The average molecular weight is 506 g/mol. The third kappa shape index (κ3) is 3.84. The zero-order chi connectivity index (χ0) is 25.3. The van der Waals surface area contributed by atoms with E-state index >= 15 is 0 Å². The second kappa shape index (κ2) is 8.49. The van der Waals surface area contributed by atoms with Crippen molar-refractivity contribution in [3.8, 4) is 17.8 Å². The zero-order valence-electron chi connectivity index (χ0n) is 20.3. The second-order valence-corrected chi connectivity index (χ2v) is 10.5. The predicted octanol–water partition coefficient (Wildman–Crippen LogP) is 3.62. The molecule has 0 radical (unpaired) electrons. The molecule has 11 heteroatoms. The van der Waals surface area contributed by atoms with E-state index in [1.54, 1.807) is 7.05 Å². The van der Waals surface area contributed by atoms with Crippen molar-refractivity contribution in [3.05, 3.63) is 36.0 Å². The number of rotatable bonds is 6. The van der Waals surface area contributed by atoms with Crippen LogP contribution in [0.4, 0.5) is 10.1 Å². The Morgan fingerprint density at radius 1 is 1.05 bits per heavy atom. The number of aliphatic hydroxyl groups is 1. The maximum Gasteiger partial charge on any atom is 0.324 e. The number of aromatic amines is 1. The first kappa shape index (κ1) is 22.6. The normalized spacial score (nSPS) is 28.5. The third-order valence-electron chi connectivity index (χ3n) is 8.22. The largest absolute Gasteiger partial charge is 0.460 e. The summed E-state index contributed by atoms with van der Waals surface area (Å²) in [5, 5.41) is 14.1. The summed E-state index contributed by atoms with van der Waals surface area (Å²) in [4.78, 5) is 21.3. The van der Waals surface area contributed by atoms with Gasteiger partial charge in [-0.05, 0) is 43.2 Å². The summed E-state index contributed by atoms with van der Waals surface area (Å²) in [5.74, 6) is 1.15. The van der Waals surface area contributed by atoms with Crippen molar-refractivity contribution in [1.82, 2.24) is 24.9 Å². The van der Waals surface area contributed by atoms with Gasteiger partial charge in [0.2, 0.25) is 0 Å². The fourth-order valence-electron chi connectivity index (χ4n) is 6.34. The molecule has 3 heterocycles. The minimum absolute atomic E-state index is 0.0701. The standard InChI is InChI=1S/C26H28FN7O3/c1-29-20-6-13(27)5-18-21-23(17-3-12-2-11(17)4-19(12)28)33-26(34-24(21)32-22(18)20)37-16-9-30-25(31-10-16)36-15-7-14(35)8-15/h5-6,9-12,14-15,17,19,29,35H,2-4,7-8,28H2,1H3,(H,32,33,34)/t11-,12-,14?,15?,17?,19-/m0/s1. The lowest BCUT2D eigenvalue weighted by Gasteiger charge is -2.30. The quantitative estimate of drug-likeness (QED) is 0.309. The number of ether oxygens (including phenoxy) is 2. The molecule has 0 saturated heterocycles. The van der Waals surface area contributed by atoms with Crippen LogP contribution in [0, 0.1) is 17.7 Å². The molecule has 5 N–H and O–H groups in total. The number of anilines is 1. The number of hydrogen-bond donors (Lipinski definition) is 4. The van der Waals surface area contributed by atoms with Crippen molar-refractivity contribution >= 4 is 27.6 Å². The Morgan fingerprint density at radius 3 is 2.54 bits per heavy atom. The molecule has 10 nitrogen and oxygen atoms in total. The van der Waals surface area contributed by atoms with Gasteiger partial charge in [-0.2, -0.15) is 19.9 Å². The summed E-state index contributed by atoms with van der Waals surface area (Å²) in [5.41, 5.74) is 9.22. The number of nitrogens with two attached hydrogens (primary N) is 1. The summed E-state index contributed by atoms with van der Waals surface area (Å²) in [6.07, 6.45) is 6.79. The van der Waals surface area contributed by atoms with Gasteiger partial charge >= 0.3 is 12.0 Å².